The number of thiazole rings is 2. The van der Waals surface area contributed by atoms with Crippen LogP contribution in [0.15, 0.2) is 10.8 Å². The number of aromatic nitrogens is 2. The Kier molecular flexibility index (Phi) is 4.88. The number of amides is 1. The lowest BCUT2D eigenvalue weighted by atomic mass is 9.97. The predicted molar refractivity (Wildman–Crippen MR) is 102 cm³/mol. The lowest BCUT2D eigenvalue weighted by Gasteiger charge is -2.30. The first kappa shape index (κ1) is 17.1. The van der Waals surface area contributed by atoms with Crippen molar-refractivity contribution in [1.29, 1.82) is 0 Å². The number of carbonyl (C=O) groups is 1. The number of aryl methyl sites for hydroxylation is 1. The number of piperidine rings is 1. The first-order chi connectivity index (χ1) is 12.1. The molecule has 1 amide bonds. The summed E-state index contributed by atoms with van der Waals surface area (Å²) in [5, 5.41) is 6.44. The molecule has 2 aromatic heterocycles. The molecule has 1 saturated heterocycles. The van der Waals surface area contributed by atoms with Crippen molar-refractivity contribution in [3.05, 3.63) is 27.2 Å². The van der Waals surface area contributed by atoms with Gasteiger partial charge in [-0.25, -0.2) is 9.97 Å². The second-order valence-corrected chi connectivity index (χ2v) is 8.85. The summed E-state index contributed by atoms with van der Waals surface area (Å²) < 4.78 is 0. The maximum absolute atomic E-state index is 11.9. The molecule has 0 N–H and O–H groups in total. The molecule has 0 spiro atoms. The standard InChI is InChI=1S/C18H24N4OS2/c1-12-10-24-17(19-12)14-5-7-21(8-6-14)9-15-11-25-18(20-15)22(13(2)23)16-3-4-16/h10-11,14,16H,3-9H2,1-2H3. The van der Waals surface area contributed by atoms with Gasteiger partial charge >= 0.3 is 0 Å². The van der Waals surface area contributed by atoms with E-state index in [9.17, 15) is 4.79 Å². The van der Waals surface area contributed by atoms with Gasteiger partial charge in [-0.15, -0.1) is 22.7 Å². The largest absolute Gasteiger partial charge is 0.297 e. The van der Waals surface area contributed by atoms with E-state index in [1.807, 2.05) is 4.90 Å². The normalized spacial score (nSPS) is 19.3. The van der Waals surface area contributed by atoms with Gasteiger partial charge in [0.25, 0.3) is 0 Å². The van der Waals surface area contributed by atoms with Crippen molar-refractivity contribution in [3.63, 3.8) is 0 Å². The maximum Gasteiger partial charge on any atom is 0.225 e. The van der Waals surface area contributed by atoms with Crippen LogP contribution in [-0.2, 0) is 11.3 Å². The summed E-state index contributed by atoms with van der Waals surface area (Å²) in [6, 6.07) is 0.383. The first-order valence-corrected chi connectivity index (χ1v) is 10.7. The summed E-state index contributed by atoms with van der Waals surface area (Å²) in [4.78, 5) is 25.6. The Morgan fingerprint density at radius 1 is 1.20 bits per heavy atom. The Balaban J connectivity index is 1.34. The van der Waals surface area contributed by atoms with Gasteiger partial charge in [0, 0.05) is 41.9 Å². The summed E-state index contributed by atoms with van der Waals surface area (Å²) in [6.07, 6.45) is 4.56. The van der Waals surface area contributed by atoms with Gasteiger partial charge in [0.2, 0.25) is 5.91 Å². The Morgan fingerprint density at radius 3 is 2.56 bits per heavy atom. The van der Waals surface area contributed by atoms with E-state index in [1.54, 1.807) is 29.6 Å². The molecule has 0 atom stereocenters. The molecule has 5 nitrogen and oxygen atoms in total. The molecule has 1 saturated carbocycles. The number of anilines is 1. The van der Waals surface area contributed by atoms with Gasteiger partial charge in [0.05, 0.1) is 10.7 Å². The monoisotopic (exact) mass is 376 g/mol. The van der Waals surface area contributed by atoms with E-state index in [0.29, 0.717) is 12.0 Å². The Bertz CT molecular complexity index is 744. The van der Waals surface area contributed by atoms with E-state index in [4.69, 9.17) is 4.98 Å². The second kappa shape index (κ2) is 7.13. The van der Waals surface area contributed by atoms with Crippen LogP contribution in [-0.4, -0.2) is 39.9 Å². The van der Waals surface area contributed by atoms with E-state index in [-0.39, 0.29) is 5.91 Å². The first-order valence-electron chi connectivity index (χ1n) is 8.98. The second-order valence-electron chi connectivity index (χ2n) is 7.12. The molecule has 0 bridgehead atoms. The average Bonchev–Trinajstić information content (AvgIpc) is 3.14. The molecule has 3 heterocycles. The van der Waals surface area contributed by atoms with Crippen LogP contribution in [0.4, 0.5) is 5.13 Å². The summed E-state index contributed by atoms with van der Waals surface area (Å²) in [5.41, 5.74) is 2.23. The number of nitrogens with zero attached hydrogens (tertiary/aromatic N) is 4. The van der Waals surface area contributed by atoms with Crippen molar-refractivity contribution in [1.82, 2.24) is 14.9 Å². The fraction of sp³-hybridized carbons (Fsp3) is 0.611. The molecule has 7 heteroatoms. The van der Waals surface area contributed by atoms with Gasteiger partial charge in [-0.1, -0.05) is 0 Å². The molecule has 1 aliphatic carbocycles. The number of carbonyl (C=O) groups excluding carboxylic acids is 1. The van der Waals surface area contributed by atoms with Crippen molar-refractivity contribution < 1.29 is 4.79 Å². The lowest BCUT2D eigenvalue weighted by Crippen LogP contribution is -2.33. The van der Waals surface area contributed by atoms with Gasteiger partial charge in [-0.3, -0.25) is 14.6 Å². The fourth-order valence-corrected chi connectivity index (χ4v) is 5.39. The van der Waals surface area contributed by atoms with Crippen molar-refractivity contribution in [2.75, 3.05) is 18.0 Å². The third-order valence-electron chi connectivity index (χ3n) is 4.96. The van der Waals surface area contributed by atoms with Gasteiger partial charge in [0.1, 0.15) is 0 Å². The molecule has 0 unspecified atom stereocenters. The zero-order valence-electron chi connectivity index (χ0n) is 14.8. The van der Waals surface area contributed by atoms with Gasteiger partial charge < -0.3 is 0 Å². The Labute approximate surface area is 156 Å². The van der Waals surface area contributed by atoms with Crippen molar-refractivity contribution in [3.8, 4) is 0 Å². The highest BCUT2D eigenvalue weighted by atomic mass is 32.1. The van der Waals surface area contributed by atoms with Crippen molar-refractivity contribution >= 4 is 33.7 Å². The smallest absolute Gasteiger partial charge is 0.225 e. The number of likely N-dealkylation sites (tertiary alicyclic amines) is 1. The zero-order chi connectivity index (χ0) is 17.4. The summed E-state index contributed by atoms with van der Waals surface area (Å²) in [5.74, 6) is 0.729. The molecule has 2 aromatic rings. The highest BCUT2D eigenvalue weighted by Crippen LogP contribution is 2.34. The number of rotatable bonds is 5. The molecule has 134 valence electrons. The van der Waals surface area contributed by atoms with Crippen LogP contribution in [0.2, 0.25) is 0 Å². The van der Waals surface area contributed by atoms with E-state index in [2.05, 4.69) is 27.6 Å². The van der Waals surface area contributed by atoms with Crippen LogP contribution in [0.3, 0.4) is 0 Å². The fourth-order valence-electron chi connectivity index (χ4n) is 3.49. The predicted octanol–water partition coefficient (Wildman–Crippen LogP) is 3.80. The van der Waals surface area contributed by atoms with Crippen LogP contribution in [0.25, 0.3) is 0 Å². The zero-order valence-corrected chi connectivity index (χ0v) is 16.4. The molecule has 25 heavy (non-hydrogen) atoms. The SMILES string of the molecule is CC(=O)N(c1nc(CN2CCC(c3nc(C)cs3)CC2)cs1)C1CC1. The highest BCUT2D eigenvalue weighted by Gasteiger charge is 2.33. The Morgan fingerprint density at radius 2 is 1.96 bits per heavy atom. The molecule has 0 aromatic carbocycles. The van der Waals surface area contributed by atoms with Crippen molar-refractivity contribution in [2.45, 2.75) is 58.0 Å². The average molecular weight is 377 g/mol. The van der Waals surface area contributed by atoms with Crippen LogP contribution >= 0.6 is 22.7 Å². The van der Waals surface area contributed by atoms with Crippen LogP contribution in [0.5, 0.6) is 0 Å². The number of hydrogen-bond acceptors (Lipinski definition) is 6. The topological polar surface area (TPSA) is 49.3 Å². The van der Waals surface area contributed by atoms with Crippen LogP contribution in [0, 0.1) is 6.92 Å². The van der Waals surface area contributed by atoms with Crippen LogP contribution in [0.1, 0.15) is 54.9 Å². The van der Waals surface area contributed by atoms with Crippen molar-refractivity contribution in [2.24, 2.45) is 0 Å². The molecule has 2 aliphatic rings. The summed E-state index contributed by atoms with van der Waals surface area (Å²) >= 11 is 3.40. The molecule has 0 radical (unpaired) electrons. The summed E-state index contributed by atoms with van der Waals surface area (Å²) in [7, 11) is 0. The molecule has 1 aliphatic heterocycles. The minimum Gasteiger partial charge on any atom is -0.297 e. The minimum absolute atomic E-state index is 0.114. The quantitative estimate of drug-likeness (QED) is 0.796. The lowest BCUT2D eigenvalue weighted by molar-refractivity contribution is -0.116. The van der Waals surface area contributed by atoms with Gasteiger partial charge in [0.15, 0.2) is 5.13 Å². The maximum atomic E-state index is 11.9. The van der Waals surface area contributed by atoms with Gasteiger partial charge in [-0.05, 0) is 45.7 Å². The number of hydrogen-bond donors (Lipinski definition) is 0. The molecular weight excluding hydrogens is 352 g/mol. The van der Waals surface area contributed by atoms with Gasteiger partial charge in [-0.2, -0.15) is 0 Å². The van der Waals surface area contributed by atoms with E-state index in [1.165, 1.54) is 17.8 Å². The molecule has 4 rings (SSSR count). The van der Waals surface area contributed by atoms with E-state index >= 15 is 0 Å². The third kappa shape index (κ3) is 3.93. The summed E-state index contributed by atoms with van der Waals surface area (Å²) in [6.45, 7) is 6.78. The highest BCUT2D eigenvalue weighted by molar-refractivity contribution is 7.14. The minimum atomic E-state index is 0.114. The Hall–Kier alpha value is -1.31. The molecular formula is C18H24N4OS2. The third-order valence-corrected chi connectivity index (χ3v) is 6.97. The van der Waals surface area contributed by atoms with E-state index in [0.717, 1.165) is 49.0 Å². The molecule has 2 fully saturated rings. The van der Waals surface area contributed by atoms with Crippen LogP contribution < -0.4 is 4.90 Å². The van der Waals surface area contributed by atoms with E-state index < -0.39 is 0 Å².